The van der Waals surface area contributed by atoms with E-state index in [-0.39, 0.29) is 0 Å². The van der Waals surface area contributed by atoms with Gasteiger partial charge in [-0.15, -0.1) is 0 Å². The quantitative estimate of drug-likeness (QED) is 0.798. The summed E-state index contributed by atoms with van der Waals surface area (Å²) in [7, 11) is 0. The minimum atomic E-state index is 0.569. The van der Waals surface area contributed by atoms with Crippen LogP contribution in [0.1, 0.15) is 42.5 Å². The van der Waals surface area contributed by atoms with Gasteiger partial charge in [-0.05, 0) is 63.8 Å². The standard InChI is InChI=1S/C15H25N/c1-6-7-16-14(5)10-15-12(3)8-11(2)9-13(15)4/h8-9,14,16H,6-7,10H2,1-5H3. The molecule has 1 aromatic rings. The van der Waals surface area contributed by atoms with Crippen molar-refractivity contribution < 1.29 is 0 Å². The number of hydrogen-bond donors (Lipinski definition) is 1. The zero-order valence-corrected chi connectivity index (χ0v) is 11.4. The molecule has 1 unspecified atom stereocenters. The monoisotopic (exact) mass is 219 g/mol. The summed E-state index contributed by atoms with van der Waals surface area (Å²) in [6.07, 6.45) is 2.34. The normalized spacial score (nSPS) is 12.8. The average Bonchev–Trinajstić information content (AvgIpc) is 2.20. The molecule has 1 rings (SSSR count). The third-order valence-electron chi connectivity index (χ3n) is 3.09. The molecule has 0 radical (unpaired) electrons. The lowest BCUT2D eigenvalue weighted by Gasteiger charge is -2.17. The zero-order chi connectivity index (χ0) is 12.1. The maximum absolute atomic E-state index is 3.55. The second-order valence-electron chi connectivity index (χ2n) is 4.94. The predicted molar refractivity (Wildman–Crippen MR) is 72.1 cm³/mol. The molecule has 0 amide bonds. The molecule has 1 aromatic carbocycles. The highest BCUT2D eigenvalue weighted by atomic mass is 14.9. The SMILES string of the molecule is CCCNC(C)Cc1c(C)cc(C)cc1C. The third kappa shape index (κ3) is 3.64. The van der Waals surface area contributed by atoms with Gasteiger partial charge in [0.1, 0.15) is 0 Å². The fraction of sp³-hybridized carbons (Fsp3) is 0.600. The summed E-state index contributed by atoms with van der Waals surface area (Å²) in [5, 5.41) is 3.55. The minimum Gasteiger partial charge on any atom is -0.314 e. The number of hydrogen-bond acceptors (Lipinski definition) is 1. The Bertz CT molecular complexity index is 318. The van der Waals surface area contributed by atoms with Crippen LogP contribution in [0.25, 0.3) is 0 Å². The van der Waals surface area contributed by atoms with Gasteiger partial charge in [0.25, 0.3) is 0 Å². The van der Waals surface area contributed by atoms with E-state index in [1.807, 2.05) is 0 Å². The Morgan fingerprint density at radius 2 is 1.69 bits per heavy atom. The largest absolute Gasteiger partial charge is 0.314 e. The van der Waals surface area contributed by atoms with Gasteiger partial charge in [0.2, 0.25) is 0 Å². The van der Waals surface area contributed by atoms with Crippen LogP contribution in [-0.4, -0.2) is 12.6 Å². The molecule has 0 saturated heterocycles. The molecule has 16 heavy (non-hydrogen) atoms. The molecule has 90 valence electrons. The van der Waals surface area contributed by atoms with Gasteiger partial charge in [-0.3, -0.25) is 0 Å². The first kappa shape index (κ1) is 13.2. The van der Waals surface area contributed by atoms with Crippen LogP contribution >= 0.6 is 0 Å². The highest BCUT2D eigenvalue weighted by Crippen LogP contribution is 2.18. The lowest BCUT2D eigenvalue weighted by atomic mass is 9.95. The first-order valence-corrected chi connectivity index (χ1v) is 6.34. The summed E-state index contributed by atoms with van der Waals surface area (Å²) in [6.45, 7) is 12.2. The van der Waals surface area contributed by atoms with Crippen LogP contribution in [-0.2, 0) is 6.42 Å². The van der Waals surface area contributed by atoms with Crippen molar-refractivity contribution in [2.45, 2.75) is 53.5 Å². The van der Waals surface area contributed by atoms with Crippen molar-refractivity contribution in [3.8, 4) is 0 Å². The fourth-order valence-corrected chi connectivity index (χ4v) is 2.30. The molecule has 1 N–H and O–H groups in total. The maximum Gasteiger partial charge on any atom is 0.00793 e. The average molecular weight is 219 g/mol. The van der Waals surface area contributed by atoms with Gasteiger partial charge in [0, 0.05) is 6.04 Å². The van der Waals surface area contributed by atoms with Crippen molar-refractivity contribution in [1.82, 2.24) is 5.32 Å². The summed E-state index contributed by atoms with van der Waals surface area (Å²) in [4.78, 5) is 0. The smallest absolute Gasteiger partial charge is 0.00793 e. The molecule has 0 aliphatic rings. The van der Waals surface area contributed by atoms with E-state index in [1.54, 1.807) is 0 Å². The summed E-state index contributed by atoms with van der Waals surface area (Å²) < 4.78 is 0. The van der Waals surface area contributed by atoms with E-state index < -0.39 is 0 Å². The molecular formula is C15H25N. The maximum atomic E-state index is 3.55. The number of benzene rings is 1. The van der Waals surface area contributed by atoms with Crippen molar-refractivity contribution in [2.24, 2.45) is 0 Å². The number of rotatable bonds is 5. The first-order valence-electron chi connectivity index (χ1n) is 6.34. The van der Waals surface area contributed by atoms with E-state index in [4.69, 9.17) is 0 Å². The number of aryl methyl sites for hydroxylation is 3. The van der Waals surface area contributed by atoms with Crippen LogP contribution in [0.15, 0.2) is 12.1 Å². The molecule has 1 atom stereocenters. The van der Waals surface area contributed by atoms with Crippen molar-refractivity contribution >= 4 is 0 Å². The van der Waals surface area contributed by atoms with Crippen molar-refractivity contribution in [1.29, 1.82) is 0 Å². The molecule has 1 heteroatoms. The Morgan fingerprint density at radius 1 is 1.12 bits per heavy atom. The molecule has 1 nitrogen and oxygen atoms in total. The van der Waals surface area contributed by atoms with Crippen LogP contribution in [0.3, 0.4) is 0 Å². The van der Waals surface area contributed by atoms with E-state index in [2.05, 4.69) is 52.1 Å². The van der Waals surface area contributed by atoms with Crippen LogP contribution in [0.5, 0.6) is 0 Å². The van der Waals surface area contributed by atoms with Gasteiger partial charge < -0.3 is 5.32 Å². The Labute approximate surface area is 100 Å². The lowest BCUT2D eigenvalue weighted by Crippen LogP contribution is -2.29. The van der Waals surface area contributed by atoms with Crippen LogP contribution < -0.4 is 5.32 Å². The minimum absolute atomic E-state index is 0.569. The second-order valence-corrected chi connectivity index (χ2v) is 4.94. The van der Waals surface area contributed by atoms with E-state index in [1.165, 1.54) is 28.7 Å². The topological polar surface area (TPSA) is 12.0 Å². The molecule has 0 bridgehead atoms. The van der Waals surface area contributed by atoms with Gasteiger partial charge in [-0.1, -0.05) is 24.6 Å². The summed E-state index contributed by atoms with van der Waals surface area (Å²) in [5.41, 5.74) is 5.75. The molecule has 0 heterocycles. The van der Waals surface area contributed by atoms with Gasteiger partial charge in [0.15, 0.2) is 0 Å². The van der Waals surface area contributed by atoms with E-state index >= 15 is 0 Å². The van der Waals surface area contributed by atoms with Gasteiger partial charge in [-0.2, -0.15) is 0 Å². The van der Waals surface area contributed by atoms with Crippen molar-refractivity contribution in [2.75, 3.05) is 6.54 Å². The van der Waals surface area contributed by atoms with Crippen molar-refractivity contribution in [3.63, 3.8) is 0 Å². The highest BCUT2D eigenvalue weighted by Gasteiger charge is 2.08. The molecular weight excluding hydrogens is 194 g/mol. The second kappa shape index (κ2) is 6.05. The van der Waals surface area contributed by atoms with Crippen LogP contribution in [0.4, 0.5) is 0 Å². The third-order valence-corrected chi connectivity index (χ3v) is 3.09. The van der Waals surface area contributed by atoms with Crippen LogP contribution in [0.2, 0.25) is 0 Å². The molecule has 0 aromatic heterocycles. The fourth-order valence-electron chi connectivity index (χ4n) is 2.30. The molecule has 0 aliphatic heterocycles. The Morgan fingerprint density at radius 3 is 2.19 bits per heavy atom. The van der Waals surface area contributed by atoms with Crippen LogP contribution in [0, 0.1) is 20.8 Å². The van der Waals surface area contributed by atoms with E-state index in [9.17, 15) is 0 Å². The summed E-state index contributed by atoms with van der Waals surface area (Å²) in [5.74, 6) is 0. The molecule has 0 saturated carbocycles. The predicted octanol–water partition coefficient (Wildman–Crippen LogP) is 3.54. The zero-order valence-electron chi connectivity index (χ0n) is 11.4. The molecule has 0 aliphatic carbocycles. The van der Waals surface area contributed by atoms with Gasteiger partial charge >= 0.3 is 0 Å². The lowest BCUT2D eigenvalue weighted by molar-refractivity contribution is 0.541. The highest BCUT2D eigenvalue weighted by molar-refractivity contribution is 5.37. The van der Waals surface area contributed by atoms with Gasteiger partial charge in [-0.25, -0.2) is 0 Å². The van der Waals surface area contributed by atoms with E-state index in [0.29, 0.717) is 6.04 Å². The number of nitrogens with one attached hydrogen (secondary N) is 1. The Hall–Kier alpha value is -0.820. The van der Waals surface area contributed by atoms with Crippen molar-refractivity contribution in [3.05, 3.63) is 34.4 Å². The van der Waals surface area contributed by atoms with E-state index in [0.717, 1.165) is 13.0 Å². The summed E-state index contributed by atoms with van der Waals surface area (Å²) >= 11 is 0. The van der Waals surface area contributed by atoms with Gasteiger partial charge in [0.05, 0.1) is 0 Å². The Balaban J connectivity index is 2.73. The molecule has 0 fully saturated rings. The summed E-state index contributed by atoms with van der Waals surface area (Å²) in [6, 6.07) is 5.14. The first-order chi connectivity index (χ1) is 7.54. The Kier molecular flexibility index (Phi) is 5.01. The molecule has 0 spiro atoms.